The minimum absolute atomic E-state index is 0.0337. The van der Waals surface area contributed by atoms with Crippen LogP contribution in [0.5, 0.6) is 5.75 Å². The van der Waals surface area contributed by atoms with Crippen molar-refractivity contribution in [2.75, 3.05) is 19.4 Å². The van der Waals surface area contributed by atoms with Gasteiger partial charge in [0.1, 0.15) is 5.75 Å². The summed E-state index contributed by atoms with van der Waals surface area (Å²) in [7, 11) is 1.84. The van der Waals surface area contributed by atoms with Crippen LogP contribution in [0.3, 0.4) is 0 Å². The van der Waals surface area contributed by atoms with Gasteiger partial charge in [0.25, 0.3) is 5.91 Å². The second-order valence-corrected chi connectivity index (χ2v) is 5.00. The van der Waals surface area contributed by atoms with Gasteiger partial charge in [-0.2, -0.15) is 0 Å². The van der Waals surface area contributed by atoms with Crippen LogP contribution in [0.1, 0.15) is 24.0 Å². The van der Waals surface area contributed by atoms with Crippen molar-refractivity contribution < 1.29 is 9.53 Å². The number of ether oxygens (including phenoxy) is 1. The summed E-state index contributed by atoms with van der Waals surface area (Å²) in [6.07, 6.45) is 2.23. The zero-order valence-corrected chi connectivity index (χ0v) is 11.2. The third-order valence-corrected chi connectivity index (χ3v) is 3.40. The molecule has 1 amide bonds. The lowest BCUT2D eigenvalue weighted by molar-refractivity contribution is -0.132. The van der Waals surface area contributed by atoms with Gasteiger partial charge in [-0.25, -0.2) is 0 Å². The first kappa shape index (κ1) is 12.7. The van der Waals surface area contributed by atoms with Gasteiger partial charge in [0, 0.05) is 18.8 Å². The van der Waals surface area contributed by atoms with Crippen LogP contribution in [-0.2, 0) is 4.79 Å². The van der Waals surface area contributed by atoms with Gasteiger partial charge in [-0.05, 0) is 49.9 Å². The largest absolute Gasteiger partial charge is 0.483 e. The van der Waals surface area contributed by atoms with Crippen molar-refractivity contribution in [1.82, 2.24) is 4.90 Å². The number of carbonyl (C=O) groups is 1. The molecule has 98 valence electrons. The van der Waals surface area contributed by atoms with Crippen LogP contribution in [0, 0.1) is 13.8 Å². The number of anilines is 1. The van der Waals surface area contributed by atoms with Gasteiger partial charge >= 0.3 is 0 Å². The fraction of sp³-hybridized carbons (Fsp3) is 0.500. The summed E-state index contributed by atoms with van der Waals surface area (Å²) in [6, 6.07) is 4.18. The molecule has 2 N–H and O–H groups in total. The lowest BCUT2D eigenvalue weighted by Crippen LogP contribution is -2.33. The Labute approximate surface area is 108 Å². The minimum Gasteiger partial charge on any atom is -0.483 e. The van der Waals surface area contributed by atoms with E-state index in [4.69, 9.17) is 10.5 Å². The van der Waals surface area contributed by atoms with Crippen LogP contribution < -0.4 is 10.5 Å². The summed E-state index contributed by atoms with van der Waals surface area (Å²) in [6.45, 7) is 3.96. The van der Waals surface area contributed by atoms with Crippen LogP contribution in [0.2, 0.25) is 0 Å². The molecule has 0 aromatic heterocycles. The second kappa shape index (κ2) is 4.88. The SMILES string of the molecule is Cc1cc(OCC(=O)N(C)C2CC2)c(C)cc1N. The lowest BCUT2D eigenvalue weighted by Gasteiger charge is -2.17. The van der Waals surface area contributed by atoms with E-state index in [1.807, 2.05) is 33.0 Å². The first-order valence-corrected chi connectivity index (χ1v) is 6.24. The number of aryl methyl sites for hydroxylation is 2. The van der Waals surface area contributed by atoms with Crippen molar-refractivity contribution in [3.05, 3.63) is 23.3 Å². The van der Waals surface area contributed by atoms with Gasteiger partial charge in [-0.3, -0.25) is 4.79 Å². The highest BCUT2D eigenvalue weighted by Crippen LogP contribution is 2.26. The molecule has 4 heteroatoms. The fourth-order valence-corrected chi connectivity index (χ4v) is 1.87. The van der Waals surface area contributed by atoms with E-state index in [0.29, 0.717) is 6.04 Å². The predicted molar refractivity (Wildman–Crippen MR) is 71.6 cm³/mol. The highest BCUT2D eigenvalue weighted by atomic mass is 16.5. The van der Waals surface area contributed by atoms with Crippen LogP contribution in [0.4, 0.5) is 5.69 Å². The Hall–Kier alpha value is -1.71. The summed E-state index contributed by atoms with van der Waals surface area (Å²) in [5.41, 5.74) is 8.49. The number of nitrogen functional groups attached to an aromatic ring is 1. The maximum atomic E-state index is 11.8. The molecule has 0 radical (unpaired) electrons. The monoisotopic (exact) mass is 248 g/mol. The zero-order valence-electron chi connectivity index (χ0n) is 11.2. The van der Waals surface area contributed by atoms with Gasteiger partial charge < -0.3 is 15.4 Å². The van der Waals surface area contributed by atoms with Crippen molar-refractivity contribution in [3.8, 4) is 5.75 Å². The molecule has 1 fully saturated rings. The highest BCUT2D eigenvalue weighted by molar-refractivity contribution is 5.78. The highest BCUT2D eigenvalue weighted by Gasteiger charge is 2.29. The Morgan fingerprint density at radius 3 is 2.67 bits per heavy atom. The first-order valence-electron chi connectivity index (χ1n) is 6.24. The maximum absolute atomic E-state index is 11.8. The Morgan fingerprint density at radius 1 is 1.39 bits per heavy atom. The van der Waals surface area contributed by atoms with E-state index in [-0.39, 0.29) is 12.5 Å². The van der Waals surface area contributed by atoms with Gasteiger partial charge in [0.2, 0.25) is 0 Å². The van der Waals surface area contributed by atoms with Gasteiger partial charge in [-0.15, -0.1) is 0 Å². The number of amides is 1. The van der Waals surface area contributed by atoms with Crippen LogP contribution in [-0.4, -0.2) is 30.5 Å². The number of nitrogens with zero attached hydrogens (tertiary/aromatic N) is 1. The molecule has 1 aliphatic carbocycles. The number of hydrogen-bond acceptors (Lipinski definition) is 3. The summed E-state index contributed by atoms with van der Waals surface area (Å²) in [4.78, 5) is 13.6. The topological polar surface area (TPSA) is 55.6 Å². The van der Waals surface area contributed by atoms with E-state index in [0.717, 1.165) is 35.4 Å². The quantitative estimate of drug-likeness (QED) is 0.828. The Morgan fingerprint density at radius 2 is 2.06 bits per heavy atom. The Balaban J connectivity index is 1.97. The lowest BCUT2D eigenvalue weighted by atomic mass is 10.1. The van der Waals surface area contributed by atoms with E-state index in [2.05, 4.69) is 0 Å². The number of benzene rings is 1. The first-order chi connectivity index (χ1) is 8.49. The van der Waals surface area contributed by atoms with Gasteiger partial charge in [0.05, 0.1) is 0 Å². The third-order valence-electron chi connectivity index (χ3n) is 3.40. The molecule has 0 saturated heterocycles. The third kappa shape index (κ3) is 2.75. The minimum atomic E-state index is 0.0337. The van der Waals surface area contributed by atoms with Crippen LogP contribution in [0.25, 0.3) is 0 Å². The fourth-order valence-electron chi connectivity index (χ4n) is 1.87. The van der Waals surface area contributed by atoms with E-state index in [9.17, 15) is 4.79 Å². The van der Waals surface area contributed by atoms with E-state index >= 15 is 0 Å². The molecule has 0 atom stereocenters. The molecule has 4 nitrogen and oxygen atoms in total. The molecule has 0 spiro atoms. The number of hydrogen-bond donors (Lipinski definition) is 1. The van der Waals surface area contributed by atoms with Crippen molar-refractivity contribution in [1.29, 1.82) is 0 Å². The molecule has 0 bridgehead atoms. The summed E-state index contributed by atoms with van der Waals surface area (Å²) in [5.74, 6) is 0.769. The molecule has 0 heterocycles. The molecular weight excluding hydrogens is 228 g/mol. The van der Waals surface area contributed by atoms with Gasteiger partial charge in [-0.1, -0.05) is 0 Å². The zero-order chi connectivity index (χ0) is 13.3. The molecule has 18 heavy (non-hydrogen) atoms. The van der Waals surface area contributed by atoms with Crippen LogP contribution in [0.15, 0.2) is 12.1 Å². The van der Waals surface area contributed by atoms with E-state index < -0.39 is 0 Å². The van der Waals surface area contributed by atoms with E-state index in [1.54, 1.807) is 4.90 Å². The Bertz CT molecular complexity index is 467. The van der Waals surface area contributed by atoms with Crippen molar-refractivity contribution in [2.24, 2.45) is 0 Å². The Kier molecular flexibility index (Phi) is 3.45. The summed E-state index contributed by atoms with van der Waals surface area (Å²) >= 11 is 0. The predicted octanol–water partition coefficient (Wildman–Crippen LogP) is 1.89. The molecular formula is C14H20N2O2. The summed E-state index contributed by atoms with van der Waals surface area (Å²) < 4.78 is 5.59. The molecule has 1 aromatic rings. The summed E-state index contributed by atoms with van der Waals surface area (Å²) in [5, 5.41) is 0. The number of carbonyl (C=O) groups excluding carboxylic acids is 1. The smallest absolute Gasteiger partial charge is 0.260 e. The molecule has 0 aliphatic heterocycles. The molecule has 1 aromatic carbocycles. The maximum Gasteiger partial charge on any atom is 0.260 e. The molecule has 1 saturated carbocycles. The number of rotatable bonds is 4. The second-order valence-electron chi connectivity index (χ2n) is 5.00. The number of likely N-dealkylation sites (N-methyl/N-ethyl adjacent to an activating group) is 1. The van der Waals surface area contributed by atoms with Crippen molar-refractivity contribution in [2.45, 2.75) is 32.7 Å². The molecule has 0 unspecified atom stereocenters. The molecule has 2 rings (SSSR count). The number of nitrogens with two attached hydrogens (primary N) is 1. The van der Waals surface area contributed by atoms with Crippen LogP contribution >= 0.6 is 0 Å². The molecule has 1 aliphatic rings. The normalized spacial score (nSPS) is 14.4. The van der Waals surface area contributed by atoms with Crippen molar-refractivity contribution >= 4 is 11.6 Å². The van der Waals surface area contributed by atoms with E-state index in [1.165, 1.54) is 0 Å². The van der Waals surface area contributed by atoms with Gasteiger partial charge in [0.15, 0.2) is 6.61 Å². The van der Waals surface area contributed by atoms with Crippen molar-refractivity contribution in [3.63, 3.8) is 0 Å². The standard InChI is InChI=1S/C14H20N2O2/c1-9-7-13(10(2)6-12(9)15)18-8-14(17)16(3)11-4-5-11/h6-7,11H,4-5,8,15H2,1-3H3. The average molecular weight is 248 g/mol. The average Bonchev–Trinajstić information content (AvgIpc) is 3.14.